The van der Waals surface area contributed by atoms with Gasteiger partial charge in [-0.2, -0.15) is 0 Å². The number of ether oxygens (including phenoxy) is 1. The number of carbonyl (C=O) groups excluding carboxylic acids is 3. The highest BCUT2D eigenvalue weighted by Crippen LogP contribution is 2.43. The maximum absolute atomic E-state index is 13.1. The van der Waals surface area contributed by atoms with Crippen LogP contribution in [0.1, 0.15) is 92.5 Å². The van der Waals surface area contributed by atoms with Crippen LogP contribution in [0.5, 0.6) is 0 Å². The standard InChI is InChI=1S/C28H41N3O4/c1-35-27(33)13-12-26(32)30(19-20-6-3-2-4-7-20)14-15-31-24-10-11-25(31)18-23(17-24)21-8-5-9-22(16-21)28(29)34/h5,8-9,16,20,23-25H,2-4,6-7,10-15,17-19H2,1H3,(H2,29,34)/t23-,24+,25-. The van der Waals surface area contributed by atoms with Crippen molar-refractivity contribution in [3.63, 3.8) is 0 Å². The van der Waals surface area contributed by atoms with Crippen LogP contribution in [0.25, 0.3) is 0 Å². The van der Waals surface area contributed by atoms with Crippen molar-refractivity contribution >= 4 is 17.8 Å². The summed E-state index contributed by atoms with van der Waals surface area (Å²) in [5.74, 6) is 0.402. The lowest BCUT2D eigenvalue weighted by Gasteiger charge is -2.40. The minimum absolute atomic E-state index is 0.0754. The molecule has 0 spiro atoms. The van der Waals surface area contributed by atoms with Crippen molar-refractivity contribution in [1.29, 1.82) is 0 Å². The van der Waals surface area contributed by atoms with Gasteiger partial charge in [0.05, 0.1) is 13.5 Å². The Morgan fingerprint density at radius 3 is 2.40 bits per heavy atom. The molecule has 3 aliphatic rings. The lowest BCUT2D eigenvalue weighted by molar-refractivity contribution is -0.143. The van der Waals surface area contributed by atoms with Crippen molar-refractivity contribution in [2.24, 2.45) is 11.7 Å². The number of nitrogens with zero attached hydrogens (tertiary/aromatic N) is 2. The minimum atomic E-state index is -0.373. The highest BCUT2D eigenvalue weighted by Gasteiger charge is 2.41. The normalized spacial score (nSPS) is 24.8. The van der Waals surface area contributed by atoms with Gasteiger partial charge in [-0.1, -0.05) is 31.4 Å². The zero-order valence-corrected chi connectivity index (χ0v) is 21.1. The number of amides is 2. The Balaban J connectivity index is 1.36. The first-order valence-corrected chi connectivity index (χ1v) is 13.4. The van der Waals surface area contributed by atoms with Gasteiger partial charge in [-0.05, 0) is 68.1 Å². The van der Waals surface area contributed by atoms with Gasteiger partial charge in [-0.15, -0.1) is 0 Å². The Bertz CT molecular complexity index is 884. The summed E-state index contributed by atoms with van der Waals surface area (Å²) in [6, 6.07) is 8.84. The van der Waals surface area contributed by atoms with Gasteiger partial charge in [-0.3, -0.25) is 19.3 Å². The maximum atomic E-state index is 13.1. The van der Waals surface area contributed by atoms with E-state index in [0.717, 1.165) is 32.5 Å². The van der Waals surface area contributed by atoms with Crippen LogP contribution in [0.2, 0.25) is 0 Å². The second-order valence-electron chi connectivity index (χ2n) is 10.7. The van der Waals surface area contributed by atoms with Crippen molar-refractivity contribution in [3.8, 4) is 0 Å². The summed E-state index contributed by atoms with van der Waals surface area (Å²) in [4.78, 5) is 41.0. The highest BCUT2D eigenvalue weighted by molar-refractivity contribution is 5.92. The van der Waals surface area contributed by atoms with Gasteiger partial charge in [0.15, 0.2) is 0 Å². The van der Waals surface area contributed by atoms with Gasteiger partial charge in [0.2, 0.25) is 11.8 Å². The Hall–Kier alpha value is -2.41. The first-order valence-electron chi connectivity index (χ1n) is 13.4. The summed E-state index contributed by atoms with van der Waals surface area (Å²) in [7, 11) is 1.37. The molecule has 7 nitrogen and oxygen atoms in total. The number of carbonyl (C=O) groups is 3. The average Bonchev–Trinajstić information content (AvgIpc) is 3.11. The summed E-state index contributed by atoms with van der Waals surface area (Å²) < 4.78 is 4.75. The molecule has 1 aromatic rings. The summed E-state index contributed by atoms with van der Waals surface area (Å²) in [6.07, 6.45) is 11.1. The van der Waals surface area contributed by atoms with Gasteiger partial charge in [-0.25, -0.2) is 0 Å². The molecule has 2 N–H and O–H groups in total. The van der Waals surface area contributed by atoms with Crippen LogP contribution in [0.4, 0.5) is 0 Å². The predicted octanol–water partition coefficient (Wildman–Crippen LogP) is 3.86. The van der Waals surface area contributed by atoms with E-state index < -0.39 is 0 Å². The molecule has 1 saturated carbocycles. The van der Waals surface area contributed by atoms with Crippen LogP contribution >= 0.6 is 0 Å². The molecule has 4 rings (SSSR count). The van der Waals surface area contributed by atoms with Crippen LogP contribution in [0.3, 0.4) is 0 Å². The summed E-state index contributed by atoms with van der Waals surface area (Å²) >= 11 is 0. The first kappa shape index (κ1) is 25.7. The molecule has 7 heteroatoms. The smallest absolute Gasteiger partial charge is 0.306 e. The van der Waals surface area contributed by atoms with E-state index in [2.05, 4.69) is 11.0 Å². The van der Waals surface area contributed by atoms with Crippen LogP contribution < -0.4 is 5.73 Å². The number of hydrogen-bond acceptors (Lipinski definition) is 5. The number of rotatable bonds is 10. The van der Waals surface area contributed by atoms with Gasteiger partial charge in [0.25, 0.3) is 0 Å². The third kappa shape index (κ3) is 6.63. The molecule has 3 atom stereocenters. The molecule has 2 heterocycles. The second-order valence-corrected chi connectivity index (χ2v) is 10.7. The fourth-order valence-corrected chi connectivity index (χ4v) is 6.56. The average molecular weight is 484 g/mol. The molecule has 1 aliphatic carbocycles. The van der Waals surface area contributed by atoms with E-state index in [0.29, 0.717) is 29.5 Å². The predicted molar refractivity (Wildman–Crippen MR) is 135 cm³/mol. The molecule has 0 unspecified atom stereocenters. The molecule has 1 aromatic carbocycles. The molecule has 35 heavy (non-hydrogen) atoms. The molecule has 2 saturated heterocycles. The van der Waals surface area contributed by atoms with Crippen molar-refractivity contribution in [2.45, 2.75) is 88.6 Å². The summed E-state index contributed by atoms with van der Waals surface area (Å²) in [5, 5.41) is 0. The number of nitrogens with two attached hydrogens (primary N) is 1. The monoisotopic (exact) mass is 483 g/mol. The Kier molecular flexibility index (Phi) is 8.82. The van der Waals surface area contributed by atoms with Crippen LogP contribution in [0.15, 0.2) is 24.3 Å². The van der Waals surface area contributed by atoms with Crippen LogP contribution in [-0.4, -0.2) is 66.4 Å². The SMILES string of the molecule is COC(=O)CCC(=O)N(CCN1[C@@H]2CC[C@H]1C[C@@H](c1cccc(C(N)=O)c1)C2)CC1CCCCC1. The lowest BCUT2D eigenvalue weighted by atomic mass is 9.84. The zero-order chi connectivity index (χ0) is 24.8. The number of piperidine rings is 1. The van der Waals surface area contributed by atoms with Crippen molar-refractivity contribution in [2.75, 3.05) is 26.7 Å². The number of benzene rings is 1. The third-order valence-electron chi connectivity index (χ3n) is 8.48. The topological polar surface area (TPSA) is 92.9 Å². The van der Waals surface area contributed by atoms with Crippen molar-refractivity contribution in [1.82, 2.24) is 9.80 Å². The van der Waals surface area contributed by atoms with Crippen molar-refractivity contribution in [3.05, 3.63) is 35.4 Å². The highest BCUT2D eigenvalue weighted by atomic mass is 16.5. The van der Waals surface area contributed by atoms with E-state index in [1.54, 1.807) is 6.07 Å². The number of fused-ring (bicyclic) bond motifs is 2. The minimum Gasteiger partial charge on any atom is -0.469 e. The Morgan fingerprint density at radius 2 is 1.74 bits per heavy atom. The zero-order valence-electron chi connectivity index (χ0n) is 21.1. The molecule has 2 bridgehead atoms. The molecular formula is C28H41N3O4. The molecule has 192 valence electrons. The van der Waals surface area contributed by atoms with E-state index >= 15 is 0 Å². The van der Waals surface area contributed by atoms with Gasteiger partial charge in [0, 0.05) is 43.7 Å². The van der Waals surface area contributed by atoms with E-state index in [9.17, 15) is 14.4 Å². The van der Waals surface area contributed by atoms with Gasteiger partial charge in [0.1, 0.15) is 0 Å². The second kappa shape index (κ2) is 12.0. The summed E-state index contributed by atoms with van der Waals surface area (Å²) in [6.45, 7) is 2.43. The number of methoxy groups -OCH3 is 1. The number of esters is 1. The molecule has 0 radical (unpaired) electrons. The largest absolute Gasteiger partial charge is 0.469 e. The quantitative estimate of drug-likeness (QED) is 0.510. The van der Waals surface area contributed by atoms with E-state index in [1.807, 2.05) is 17.0 Å². The van der Waals surface area contributed by atoms with E-state index in [4.69, 9.17) is 10.5 Å². The fourth-order valence-electron chi connectivity index (χ4n) is 6.56. The van der Waals surface area contributed by atoms with Gasteiger partial charge < -0.3 is 15.4 Å². The van der Waals surface area contributed by atoms with Crippen LogP contribution in [0, 0.1) is 5.92 Å². The fraction of sp³-hybridized carbons (Fsp3) is 0.679. The van der Waals surface area contributed by atoms with E-state index in [-0.39, 0.29) is 30.6 Å². The number of hydrogen-bond donors (Lipinski definition) is 1. The summed E-state index contributed by atoms with van der Waals surface area (Å²) in [5.41, 5.74) is 7.30. The van der Waals surface area contributed by atoms with Crippen molar-refractivity contribution < 1.29 is 19.1 Å². The maximum Gasteiger partial charge on any atom is 0.306 e. The number of primary amides is 1. The molecule has 2 aliphatic heterocycles. The molecular weight excluding hydrogens is 442 g/mol. The Labute approximate surface area is 209 Å². The Morgan fingerprint density at radius 1 is 1.03 bits per heavy atom. The van der Waals surface area contributed by atoms with Gasteiger partial charge >= 0.3 is 5.97 Å². The van der Waals surface area contributed by atoms with E-state index in [1.165, 1.54) is 57.6 Å². The molecule has 2 amide bonds. The molecule has 3 fully saturated rings. The lowest BCUT2D eigenvalue weighted by Crippen LogP contribution is -2.47. The van der Waals surface area contributed by atoms with Crippen LogP contribution in [-0.2, 0) is 14.3 Å². The molecule has 0 aromatic heterocycles. The third-order valence-corrected chi connectivity index (χ3v) is 8.48. The first-order chi connectivity index (χ1) is 16.9.